The Morgan fingerprint density at radius 1 is 0.905 bits per heavy atom. The molecule has 3 aromatic carbocycles. The van der Waals surface area contributed by atoms with Crippen LogP contribution in [-0.2, 0) is 0 Å². The summed E-state index contributed by atoms with van der Waals surface area (Å²) in [6.07, 6.45) is 3.17. The van der Waals surface area contributed by atoms with Crippen LogP contribution in [0.5, 0.6) is 0 Å². The van der Waals surface area contributed by atoms with Crippen molar-refractivity contribution in [2.75, 3.05) is 7.05 Å². The summed E-state index contributed by atoms with van der Waals surface area (Å²) in [5, 5.41) is 5.39. The number of fused-ring (bicyclic) bond motifs is 2. The lowest BCUT2D eigenvalue weighted by atomic mass is 9.95. The minimum atomic E-state index is -0.683. The van der Waals surface area contributed by atoms with Crippen LogP contribution in [-0.4, -0.2) is 28.8 Å². The van der Waals surface area contributed by atoms with Gasteiger partial charge in [0.2, 0.25) is 5.89 Å². The summed E-state index contributed by atoms with van der Waals surface area (Å²) in [4.78, 5) is 34.6. The van der Waals surface area contributed by atoms with Gasteiger partial charge < -0.3 is 19.5 Å². The minimum Gasteiger partial charge on any atom is -0.455 e. The summed E-state index contributed by atoms with van der Waals surface area (Å²) in [7, 11) is 1.43. The van der Waals surface area contributed by atoms with Gasteiger partial charge in [0.25, 0.3) is 11.8 Å². The number of benzene rings is 3. The number of hydrogen-bond donors (Lipinski definition) is 2. The molecule has 0 saturated heterocycles. The maximum atomic E-state index is 16.3. The monoisotopic (exact) mass is 566 g/mol. The Balaban J connectivity index is 1.38. The summed E-state index contributed by atoms with van der Waals surface area (Å²) in [6.45, 7) is 3.55. The third-order valence-electron chi connectivity index (χ3n) is 7.07. The number of amides is 2. The van der Waals surface area contributed by atoms with Gasteiger partial charge in [-0.2, -0.15) is 0 Å². The molecule has 0 unspecified atom stereocenters. The molecular formula is C32H24F2N4O4. The number of furan rings is 1. The summed E-state index contributed by atoms with van der Waals surface area (Å²) < 4.78 is 41.5. The highest BCUT2D eigenvalue weighted by Crippen LogP contribution is 2.39. The van der Waals surface area contributed by atoms with E-state index in [0.29, 0.717) is 39.2 Å². The first kappa shape index (κ1) is 26.8. The largest absolute Gasteiger partial charge is 0.455 e. The predicted octanol–water partition coefficient (Wildman–Crippen LogP) is 6.74. The number of aromatic nitrogens is 2. The number of carbonyl (C=O) groups excluding carboxylic acids is 2. The van der Waals surface area contributed by atoms with Crippen molar-refractivity contribution in [2.24, 2.45) is 0 Å². The van der Waals surface area contributed by atoms with E-state index in [1.807, 2.05) is 0 Å². The fourth-order valence-electron chi connectivity index (χ4n) is 4.88. The first-order valence-electron chi connectivity index (χ1n) is 13.1. The highest BCUT2D eigenvalue weighted by atomic mass is 19.1. The molecule has 0 aliphatic rings. The van der Waals surface area contributed by atoms with Crippen molar-refractivity contribution in [1.82, 2.24) is 20.6 Å². The number of pyridine rings is 1. The Kier molecular flexibility index (Phi) is 6.74. The fraction of sp³-hybridized carbons (Fsp3) is 0.125. The second-order valence-electron chi connectivity index (χ2n) is 9.81. The third kappa shape index (κ3) is 4.66. The standard InChI is InChI=1S/C32H24F2N4O4/c1-16-4-5-19(30(39)37-17(2)32-38-23-15-36-13-12-24(23)42-32)14-22(16)21-10-11-25-26(28(21)34)27(31(40)35-3)29(41-25)18-6-8-20(33)9-7-18/h4-15,17H,1-3H3,(H,35,40)(H,37,39)/t17-/m0/s1. The molecule has 8 nitrogen and oxygen atoms in total. The summed E-state index contributed by atoms with van der Waals surface area (Å²) >= 11 is 0. The van der Waals surface area contributed by atoms with Crippen LogP contribution in [0.3, 0.4) is 0 Å². The lowest BCUT2D eigenvalue weighted by Gasteiger charge is -2.13. The Morgan fingerprint density at radius 3 is 2.43 bits per heavy atom. The highest BCUT2D eigenvalue weighted by Gasteiger charge is 2.27. The Hall–Kier alpha value is -5.38. The van der Waals surface area contributed by atoms with Gasteiger partial charge in [0.05, 0.1) is 17.1 Å². The van der Waals surface area contributed by atoms with Crippen LogP contribution in [0.1, 0.15) is 45.1 Å². The van der Waals surface area contributed by atoms with E-state index in [-0.39, 0.29) is 27.9 Å². The van der Waals surface area contributed by atoms with Gasteiger partial charge in [-0.25, -0.2) is 13.8 Å². The van der Waals surface area contributed by atoms with Crippen molar-refractivity contribution in [2.45, 2.75) is 19.9 Å². The van der Waals surface area contributed by atoms with E-state index in [0.717, 1.165) is 0 Å². The summed E-state index contributed by atoms with van der Waals surface area (Å²) in [5.74, 6) is -1.65. The zero-order chi connectivity index (χ0) is 29.5. The molecule has 210 valence electrons. The van der Waals surface area contributed by atoms with E-state index < -0.39 is 29.5 Å². The smallest absolute Gasteiger partial charge is 0.255 e. The molecule has 0 fully saturated rings. The molecule has 0 spiro atoms. The van der Waals surface area contributed by atoms with Gasteiger partial charge in [0.1, 0.15) is 34.5 Å². The van der Waals surface area contributed by atoms with Gasteiger partial charge in [0, 0.05) is 36.0 Å². The molecule has 2 N–H and O–H groups in total. The summed E-state index contributed by atoms with van der Waals surface area (Å²) in [6, 6.07) is 14.6. The van der Waals surface area contributed by atoms with E-state index in [1.54, 1.807) is 62.6 Å². The van der Waals surface area contributed by atoms with Crippen LogP contribution in [0.15, 0.2) is 81.9 Å². The predicted molar refractivity (Wildman–Crippen MR) is 153 cm³/mol. The number of hydrogen-bond acceptors (Lipinski definition) is 6. The van der Waals surface area contributed by atoms with Gasteiger partial charge in [-0.3, -0.25) is 14.6 Å². The SMILES string of the molecule is CNC(=O)c1c(-c2ccc(F)cc2)oc2ccc(-c3cc(C(=O)N[C@@H](C)c4nc5cnccc5o4)ccc3C)c(F)c12. The Bertz CT molecular complexity index is 1960. The van der Waals surface area contributed by atoms with E-state index in [4.69, 9.17) is 8.83 Å². The summed E-state index contributed by atoms with van der Waals surface area (Å²) in [5.41, 5.74) is 3.37. The van der Waals surface area contributed by atoms with Crippen LogP contribution in [0, 0.1) is 18.6 Å². The lowest BCUT2D eigenvalue weighted by molar-refractivity contribution is 0.0932. The average molecular weight is 567 g/mol. The van der Waals surface area contributed by atoms with Gasteiger partial charge in [-0.15, -0.1) is 0 Å². The zero-order valence-electron chi connectivity index (χ0n) is 22.8. The molecule has 0 bridgehead atoms. The first-order valence-corrected chi connectivity index (χ1v) is 13.1. The first-order chi connectivity index (χ1) is 20.2. The molecule has 0 radical (unpaired) electrons. The fourth-order valence-corrected chi connectivity index (χ4v) is 4.88. The quantitative estimate of drug-likeness (QED) is 0.231. The molecule has 0 saturated carbocycles. The normalized spacial score (nSPS) is 12.0. The van der Waals surface area contributed by atoms with Crippen molar-refractivity contribution in [3.05, 3.63) is 107 Å². The highest BCUT2D eigenvalue weighted by molar-refractivity contribution is 6.12. The van der Waals surface area contributed by atoms with Crippen molar-refractivity contribution in [3.63, 3.8) is 0 Å². The number of rotatable bonds is 6. The Morgan fingerprint density at radius 2 is 1.69 bits per heavy atom. The second-order valence-corrected chi connectivity index (χ2v) is 9.81. The van der Waals surface area contributed by atoms with Crippen molar-refractivity contribution < 1.29 is 27.2 Å². The molecule has 42 heavy (non-hydrogen) atoms. The van der Waals surface area contributed by atoms with Crippen LogP contribution in [0.25, 0.3) is 44.5 Å². The van der Waals surface area contributed by atoms with E-state index in [2.05, 4.69) is 20.6 Å². The van der Waals surface area contributed by atoms with E-state index in [9.17, 15) is 14.0 Å². The maximum Gasteiger partial charge on any atom is 0.255 e. The average Bonchev–Trinajstić information content (AvgIpc) is 3.61. The van der Waals surface area contributed by atoms with Crippen LogP contribution in [0.4, 0.5) is 8.78 Å². The number of halogens is 2. The second kappa shape index (κ2) is 10.5. The molecule has 3 aromatic heterocycles. The molecule has 1 atom stereocenters. The molecule has 0 aliphatic carbocycles. The molecule has 6 aromatic rings. The molecular weight excluding hydrogens is 542 g/mol. The minimum absolute atomic E-state index is 0.00707. The van der Waals surface area contributed by atoms with Crippen molar-refractivity contribution >= 4 is 33.9 Å². The molecule has 0 aliphatic heterocycles. The number of oxazole rings is 1. The van der Waals surface area contributed by atoms with Crippen molar-refractivity contribution in [3.8, 4) is 22.5 Å². The van der Waals surface area contributed by atoms with Crippen LogP contribution < -0.4 is 10.6 Å². The van der Waals surface area contributed by atoms with Crippen LogP contribution in [0.2, 0.25) is 0 Å². The van der Waals surface area contributed by atoms with Gasteiger partial charge in [-0.1, -0.05) is 6.07 Å². The number of nitrogens with zero attached hydrogens (tertiary/aromatic N) is 2. The van der Waals surface area contributed by atoms with E-state index in [1.165, 1.54) is 31.3 Å². The third-order valence-corrected chi connectivity index (χ3v) is 7.07. The molecule has 3 heterocycles. The molecule has 6 rings (SSSR count). The van der Waals surface area contributed by atoms with Gasteiger partial charge in [0.15, 0.2) is 5.58 Å². The van der Waals surface area contributed by atoms with Crippen LogP contribution >= 0.6 is 0 Å². The molecule has 10 heteroatoms. The lowest BCUT2D eigenvalue weighted by Crippen LogP contribution is -2.26. The van der Waals surface area contributed by atoms with Crippen molar-refractivity contribution in [1.29, 1.82) is 0 Å². The number of carbonyl (C=O) groups is 2. The van der Waals surface area contributed by atoms with Gasteiger partial charge in [-0.05, 0) is 73.5 Å². The van der Waals surface area contributed by atoms with Gasteiger partial charge >= 0.3 is 0 Å². The molecule has 2 amide bonds. The van der Waals surface area contributed by atoms with E-state index >= 15 is 4.39 Å². The zero-order valence-corrected chi connectivity index (χ0v) is 22.8. The Labute approximate surface area is 238 Å². The number of aryl methyl sites for hydroxylation is 1. The maximum absolute atomic E-state index is 16.3. The number of nitrogens with one attached hydrogen (secondary N) is 2. The topological polar surface area (TPSA) is 110 Å².